The van der Waals surface area contributed by atoms with Crippen molar-refractivity contribution >= 4 is 11.9 Å². The van der Waals surface area contributed by atoms with E-state index in [1.165, 1.54) is 11.9 Å². The van der Waals surface area contributed by atoms with Gasteiger partial charge in [0.1, 0.15) is 0 Å². The SMILES string of the molecule is CN1SC=CC1[O]. The molecule has 0 N–H and O–H groups in total. The zero-order valence-electron chi connectivity index (χ0n) is 4.00. The van der Waals surface area contributed by atoms with Crippen LogP contribution in [0.15, 0.2) is 11.5 Å². The Kier molecular flexibility index (Phi) is 1.37. The van der Waals surface area contributed by atoms with Crippen LogP contribution >= 0.6 is 11.9 Å². The predicted molar refractivity (Wildman–Crippen MR) is 29.0 cm³/mol. The first-order chi connectivity index (χ1) is 3.30. The van der Waals surface area contributed by atoms with Crippen LogP contribution in [0, 0.1) is 0 Å². The second-order valence-electron chi connectivity index (χ2n) is 1.37. The van der Waals surface area contributed by atoms with Gasteiger partial charge in [-0.3, -0.25) is 0 Å². The van der Waals surface area contributed by atoms with Gasteiger partial charge in [-0.1, -0.05) is 0 Å². The molecule has 1 rings (SSSR count). The first-order valence-corrected chi connectivity index (χ1v) is 2.86. The molecule has 1 heterocycles. The molecule has 1 unspecified atom stereocenters. The van der Waals surface area contributed by atoms with Gasteiger partial charge >= 0.3 is 0 Å². The maximum atomic E-state index is 10.5. The molecule has 1 radical (unpaired) electrons. The monoisotopic (exact) mass is 116 g/mol. The summed E-state index contributed by atoms with van der Waals surface area (Å²) in [5, 5.41) is 12.3. The molecule has 1 aliphatic rings. The zero-order chi connectivity index (χ0) is 5.28. The fourth-order valence-electron chi connectivity index (χ4n) is 0.380. The van der Waals surface area contributed by atoms with Crippen LogP contribution in [-0.2, 0) is 5.11 Å². The van der Waals surface area contributed by atoms with Crippen LogP contribution in [0.2, 0.25) is 0 Å². The highest BCUT2D eigenvalue weighted by atomic mass is 32.2. The van der Waals surface area contributed by atoms with E-state index in [0.29, 0.717) is 0 Å². The molecule has 3 heteroatoms. The van der Waals surface area contributed by atoms with E-state index in [1.807, 2.05) is 0 Å². The van der Waals surface area contributed by atoms with Crippen molar-refractivity contribution in [2.24, 2.45) is 0 Å². The molecule has 0 bridgehead atoms. The molecular weight excluding hydrogens is 110 g/mol. The normalized spacial score (nSPS) is 32.0. The van der Waals surface area contributed by atoms with E-state index < -0.39 is 6.23 Å². The van der Waals surface area contributed by atoms with Crippen LogP contribution in [0.3, 0.4) is 0 Å². The predicted octanol–water partition coefficient (Wildman–Crippen LogP) is 0.850. The number of likely N-dealkylation sites (N-methyl/N-ethyl adjacent to an activating group) is 1. The Balaban J connectivity index is 2.45. The zero-order valence-corrected chi connectivity index (χ0v) is 4.81. The molecular formula is C4H6NOS. The van der Waals surface area contributed by atoms with Gasteiger partial charge in [0.15, 0.2) is 6.23 Å². The highest BCUT2D eigenvalue weighted by Gasteiger charge is 2.12. The van der Waals surface area contributed by atoms with E-state index in [0.717, 1.165) is 0 Å². The number of hydrogen-bond donors (Lipinski definition) is 0. The smallest absolute Gasteiger partial charge is 0.174 e. The Morgan fingerprint density at radius 1 is 1.86 bits per heavy atom. The van der Waals surface area contributed by atoms with Crippen molar-refractivity contribution in [1.82, 2.24) is 4.31 Å². The molecule has 0 aromatic carbocycles. The second-order valence-corrected chi connectivity index (χ2v) is 2.43. The van der Waals surface area contributed by atoms with Crippen molar-refractivity contribution in [3.63, 3.8) is 0 Å². The summed E-state index contributed by atoms with van der Waals surface area (Å²) in [4.78, 5) is 0. The minimum absolute atomic E-state index is 0.620. The van der Waals surface area contributed by atoms with Crippen molar-refractivity contribution in [3.8, 4) is 0 Å². The van der Waals surface area contributed by atoms with Gasteiger partial charge in [-0.25, -0.2) is 9.41 Å². The molecule has 0 aliphatic carbocycles. The van der Waals surface area contributed by atoms with E-state index in [1.54, 1.807) is 22.8 Å². The van der Waals surface area contributed by atoms with Crippen molar-refractivity contribution < 1.29 is 5.11 Å². The lowest BCUT2D eigenvalue weighted by Crippen LogP contribution is -2.16. The van der Waals surface area contributed by atoms with Gasteiger partial charge in [-0.15, -0.1) is 0 Å². The van der Waals surface area contributed by atoms with Gasteiger partial charge in [0, 0.05) is 7.05 Å². The van der Waals surface area contributed by atoms with Crippen molar-refractivity contribution in [2.45, 2.75) is 6.23 Å². The summed E-state index contributed by atoms with van der Waals surface area (Å²) in [7, 11) is 1.78. The van der Waals surface area contributed by atoms with Crippen LogP contribution < -0.4 is 0 Å². The van der Waals surface area contributed by atoms with Gasteiger partial charge in [0.05, 0.1) is 0 Å². The van der Waals surface area contributed by atoms with E-state index >= 15 is 0 Å². The lowest BCUT2D eigenvalue weighted by molar-refractivity contribution is 0.0602. The summed E-state index contributed by atoms with van der Waals surface area (Å²) < 4.78 is 1.65. The average molecular weight is 116 g/mol. The Bertz CT molecular complexity index is 93.7. The first kappa shape index (κ1) is 5.15. The van der Waals surface area contributed by atoms with Crippen LogP contribution in [0.25, 0.3) is 0 Å². The van der Waals surface area contributed by atoms with Crippen LogP contribution in [0.4, 0.5) is 0 Å². The minimum atomic E-state index is -0.620. The molecule has 0 aromatic heterocycles. The molecule has 0 saturated heterocycles. The molecule has 0 fully saturated rings. The van der Waals surface area contributed by atoms with E-state index in [4.69, 9.17) is 0 Å². The molecule has 0 amide bonds. The minimum Gasteiger partial charge on any atom is -0.217 e. The molecule has 2 nitrogen and oxygen atoms in total. The summed E-state index contributed by atoms with van der Waals surface area (Å²) in [5.41, 5.74) is 0. The third-order valence-corrected chi connectivity index (χ3v) is 1.65. The summed E-state index contributed by atoms with van der Waals surface area (Å²) in [6, 6.07) is 0. The number of nitrogens with zero attached hydrogens (tertiary/aromatic N) is 1. The molecule has 39 valence electrons. The lowest BCUT2D eigenvalue weighted by atomic mass is 10.6. The summed E-state index contributed by atoms with van der Waals surface area (Å²) in [5.74, 6) is 0. The van der Waals surface area contributed by atoms with Crippen molar-refractivity contribution in [2.75, 3.05) is 7.05 Å². The third kappa shape index (κ3) is 0.964. The molecule has 7 heavy (non-hydrogen) atoms. The first-order valence-electron chi connectivity index (χ1n) is 2.03. The fraction of sp³-hybridized carbons (Fsp3) is 0.500. The van der Waals surface area contributed by atoms with Crippen LogP contribution in [0.1, 0.15) is 0 Å². The van der Waals surface area contributed by atoms with E-state index in [9.17, 15) is 5.11 Å². The topological polar surface area (TPSA) is 23.1 Å². The highest BCUT2D eigenvalue weighted by Crippen LogP contribution is 2.19. The summed E-state index contributed by atoms with van der Waals surface area (Å²) in [6.45, 7) is 0. The van der Waals surface area contributed by atoms with Gasteiger partial charge in [0.2, 0.25) is 0 Å². The Morgan fingerprint density at radius 2 is 2.57 bits per heavy atom. The Hall–Kier alpha value is 0.01000. The lowest BCUT2D eigenvalue weighted by Gasteiger charge is -2.06. The number of rotatable bonds is 0. The standard InChI is InChI=1S/C4H6NOS/c1-5-4(6)2-3-7-5/h2-4H,1H3. The number of hydrogen-bond acceptors (Lipinski definition) is 2. The molecule has 1 aliphatic heterocycles. The highest BCUT2D eigenvalue weighted by molar-refractivity contribution is 8.00. The fourth-order valence-corrected chi connectivity index (χ4v) is 0.966. The summed E-state index contributed by atoms with van der Waals surface area (Å²) in [6.07, 6.45) is 1.01. The molecule has 0 saturated carbocycles. The van der Waals surface area contributed by atoms with Crippen LogP contribution in [0.5, 0.6) is 0 Å². The van der Waals surface area contributed by atoms with Gasteiger partial charge in [0.25, 0.3) is 0 Å². The van der Waals surface area contributed by atoms with Gasteiger partial charge < -0.3 is 0 Å². The second kappa shape index (κ2) is 1.86. The third-order valence-electron chi connectivity index (χ3n) is 0.829. The summed E-state index contributed by atoms with van der Waals surface area (Å²) >= 11 is 1.45. The van der Waals surface area contributed by atoms with Gasteiger partial charge in [-0.2, -0.15) is 0 Å². The Morgan fingerprint density at radius 3 is 2.71 bits per heavy atom. The van der Waals surface area contributed by atoms with Crippen molar-refractivity contribution in [3.05, 3.63) is 11.5 Å². The molecule has 1 atom stereocenters. The van der Waals surface area contributed by atoms with Crippen LogP contribution in [-0.4, -0.2) is 17.6 Å². The largest absolute Gasteiger partial charge is 0.217 e. The molecule has 0 spiro atoms. The Labute approximate surface area is 47.0 Å². The maximum absolute atomic E-state index is 10.5. The maximum Gasteiger partial charge on any atom is 0.174 e. The van der Waals surface area contributed by atoms with E-state index in [2.05, 4.69) is 0 Å². The van der Waals surface area contributed by atoms with E-state index in [-0.39, 0.29) is 0 Å². The quantitative estimate of drug-likeness (QED) is 0.438. The molecule has 0 aromatic rings. The van der Waals surface area contributed by atoms with Crippen molar-refractivity contribution in [1.29, 1.82) is 0 Å². The average Bonchev–Trinajstić information content (AvgIpc) is 1.91. The van der Waals surface area contributed by atoms with Gasteiger partial charge in [-0.05, 0) is 23.4 Å².